The van der Waals surface area contributed by atoms with E-state index >= 15 is 0 Å². The van der Waals surface area contributed by atoms with Crippen LogP contribution in [0.1, 0.15) is 43.1 Å². The molecule has 1 heterocycles. The second-order valence-electron chi connectivity index (χ2n) is 6.54. The fourth-order valence-electron chi connectivity index (χ4n) is 2.99. The zero-order chi connectivity index (χ0) is 15.5. The Hall–Kier alpha value is -1.33. The summed E-state index contributed by atoms with van der Waals surface area (Å²) in [5.41, 5.74) is 0. The highest BCUT2D eigenvalue weighted by atomic mass is 16.5. The number of ether oxygens (including phenoxy) is 1. The molecule has 3 rings (SSSR count). The number of rotatable bonds is 9. The van der Waals surface area contributed by atoms with Crippen LogP contribution < -0.4 is 10.6 Å². The molecule has 2 N–H and O–H groups in total. The first-order valence-electron chi connectivity index (χ1n) is 8.27. The molecule has 2 aliphatic rings. The summed E-state index contributed by atoms with van der Waals surface area (Å²) in [6.07, 6.45) is 2.15. The number of hydrogen-bond donors (Lipinski definition) is 2. The third kappa shape index (κ3) is 3.70. The lowest BCUT2D eigenvalue weighted by Gasteiger charge is -2.06. The maximum Gasteiger partial charge on any atom is 0.223 e. The van der Waals surface area contributed by atoms with E-state index in [1.165, 1.54) is 6.42 Å². The largest absolute Gasteiger partial charge is 0.465 e. The van der Waals surface area contributed by atoms with Crippen LogP contribution in [0.5, 0.6) is 0 Å². The van der Waals surface area contributed by atoms with Crippen molar-refractivity contribution < 1.29 is 13.9 Å². The van der Waals surface area contributed by atoms with E-state index in [4.69, 9.17) is 9.15 Å². The van der Waals surface area contributed by atoms with Gasteiger partial charge in [0.05, 0.1) is 6.61 Å². The van der Waals surface area contributed by atoms with Gasteiger partial charge in [-0.25, -0.2) is 0 Å². The molecule has 0 radical (unpaired) electrons. The Balaban J connectivity index is 1.36. The summed E-state index contributed by atoms with van der Waals surface area (Å²) in [6.45, 7) is 5.19. The molecular weight excluding hydrogens is 280 g/mol. The molecule has 2 fully saturated rings. The topological polar surface area (TPSA) is 63.5 Å². The zero-order valence-electron chi connectivity index (χ0n) is 13.4. The minimum absolute atomic E-state index is 0.0922. The highest BCUT2D eigenvalue weighted by Gasteiger charge is 2.46. The van der Waals surface area contributed by atoms with Gasteiger partial charge in [0.25, 0.3) is 0 Å². The Morgan fingerprint density at radius 3 is 2.64 bits per heavy atom. The second kappa shape index (κ2) is 6.84. The molecule has 0 bridgehead atoms. The van der Waals surface area contributed by atoms with Crippen molar-refractivity contribution in [2.75, 3.05) is 33.4 Å². The first-order valence-corrected chi connectivity index (χ1v) is 8.27. The van der Waals surface area contributed by atoms with Crippen LogP contribution >= 0.6 is 0 Å². The van der Waals surface area contributed by atoms with E-state index in [0.29, 0.717) is 19.1 Å². The maximum atomic E-state index is 12.1. The number of carbonyl (C=O) groups excluding carboxylic acids is 1. The van der Waals surface area contributed by atoms with Crippen molar-refractivity contribution in [3.8, 4) is 0 Å². The van der Waals surface area contributed by atoms with E-state index in [9.17, 15) is 4.79 Å². The molecule has 122 valence electrons. The first kappa shape index (κ1) is 15.6. The number of hydrogen-bond acceptors (Lipinski definition) is 4. The third-order valence-electron chi connectivity index (χ3n) is 4.70. The summed E-state index contributed by atoms with van der Waals surface area (Å²) < 4.78 is 10.9. The molecular formula is C17H26N2O3. The predicted octanol–water partition coefficient (Wildman–Crippen LogP) is 1.86. The molecule has 22 heavy (non-hydrogen) atoms. The normalized spacial score (nSPS) is 29.4. The predicted molar refractivity (Wildman–Crippen MR) is 83.8 cm³/mol. The van der Waals surface area contributed by atoms with Gasteiger partial charge in [0.1, 0.15) is 11.5 Å². The van der Waals surface area contributed by atoms with Crippen LogP contribution in [0.25, 0.3) is 0 Å². The van der Waals surface area contributed by atoms with Crippen LogP contribution in [0.2, 0.25) is 0 Å². The molecule has 5 heteroatoms. The number of carbonyl (C=O) groups is 1. The number of furan rings is 1. The third-order valence-corrected chi connectivity index (χ3v) is 4.70. The van der Waals surface area contributed by atoms with Gasteiger partial charge in [0, 0.05) is 44.5 Å². The van der Waals surface area contributed by atoms with Gasteiger partial charge in [0.2, 0.25) is 5.91 Å². The van der Waals surface area contributed by atoms with Gasteiger partial charge in [-0.15, -0.1) is 0 Å². The standard InChI is InChI=1S/C17H26N2O3/c1-11-9-12(11)15-3-4-16(22-15)13-10-14(13)17(20)19-6-5-18-7-8-21-2/h3-4,11-14,18H,5-10H2,1-2H3,(H,19,20). The molecule has 0 saturated heterocycles. The highest BCUT2D eigenvalue weighted by Crippen LogP contribution is 2.51. The summed E-state index contributed by atoms with van der Waals surface area (Å²) in [5.74, 6) is 3.99. The molecule has 1 aromatic rings. The van der Waals surface area contributed by atoms with Crippen molar-refractivity contribution in [2.24, 2.45) is 11.8 Å². The van der Waals surface area contributed by atoms with Crippen LogP contribution in [-0.4, -0.2) is 39.3 Å². The van der Waals surface area contributed by atoms with Gasteiger partial charge in [-0.3, -0.25) is 4.79 Å². The molecule has 0 spiro atoms. The number of nitrogens with one attached hydrogen (secondary N) is 2. The van der Waals surface area contributed by atoms with Crippen molar-refractivity contribution in [3.05, 3.63) is 23.7 Å². The molecule has 1 aromatic heterocycles. The Bertz CT molecular complexity index is 514. The van der Waals surface area contributed by atoms with Gasteiger partial charge in [-0.2, -0.15) is 0 Å². The quantitative estimate of drug-likeness (QED) is 0.684. The van der Waals surface area contributed by atoms with E-state index in [1.54, 1.807) is 7.11 Å². The fourth-order valence-corrected chi connectivity index (χ4v) is 2.99. The van der Waals surface area contributed by atoms with Crippen molar-refractivity contribution in [3.63, 3.8) is 0 Å². The smallest absolute Gasteiger partial charge is 0.223 e. The summed E-state index contributed by atoms with van der Waals surface area (Å²) in [6, 6.07) is 4.15. The molecule has 2 saturated carbocycles. The van der Waals surface area contributed by atoms with E-state index < -0.39 is 0 Å². The van der Waals surface area contributed by atoms with Crippen molar-refractivity contribution in [1.29, 1.82) is 0 Å². The van der Waals surface area contributed by atoms with Crippen LogP contribution in [0.4, 0.5) is 0 Å². The van der Waals surface area contributed by atoms with Gasteiger partial charge >= 0.3 is 0 Å². The molecule has 2 aliphatic carbocycles. The lowest BCUT2D eigenvalue weighted by molar-refractivity contribution is -0.122. The molecule has 1 amide bonds. The summed E-state index contributed by atoms with van der Waals surface area (Å²) in [5, 5.41) is 6.20. The average Bonchev–Trinajstić information content (AvgIpc) is 3.41. The maximum absolute atomic E-state index is 12.1. The van der Waals surface area contributed by atoms with Crippen molar-refractivity contribution >= 4 is 5.91 Å². The fraction of sp³-hybridized carbons (Fsp3) is 0.706. The summed E-state index contributed by atoms with van der Waals surface area (Å²) >= 11 is 0. The second-order valence-corrected chi connectivity index (χ2v) is 6.54. The Labute approximate surface area is 131 Å². The van der Waals surface area contributed by atoms with Crippen molar-refractivity contribution in [1.82, 2.24) is 10.6 Å². The molecule has 0 aromatic carbocycles. The van der Waals surface area contributed by atoms with E-state index in [-0.39, 0.29) is 17.7 Å². The van der Waals surface area contributed by atoms with E-state index in [2.05, 4.69) is 29.7 Å². The molecule has 4 atom stereocenters. The van der Waals surface area contributed by atoms with Gasteiger partial charge in [0.15, 0.2) is 0 Å². The monoisotopic (exact) mass is 306 g/mol. The number of amides is 1. The van der Waals surface area contributed by atoms with Crippen LogP contribution in [0.3, 0.4) is 0 Å². The van der Waals surface area contributed by atoms with Crippen molar-refractivity contribution in [2.45, 2.75) is 31.6 Å². The molecule has 0 aliphatic heterocycles. The van der Waals surface area contributed by atoms with Crippen LogP contribution in [-0.2, 0) is 9.53 Å². The lowest BCUT2D eigenvalue weighted by atomic mass is 10.2. The van der Waals surface area contributed by atoms with Gasteiger partial charge in [-0.05, 0) is 30.9 Å². The van der Waals surface area contributed by atoms with Gasteiger partial charge in [-0.1, -0.05) is 6.92 Å². The van der Waals surface area contributed by atoms with E-state index in [0.717, 1.165) is 36.9 Å². The lowest BCUT2D eigenvalue weighted by Crippen LogP contribution is -2.34. The Morgan fingerprint density at radius 2 is 1.95 bits per heavy atom. The van der Waals surface area contributed by atoms with Crippen LogP contribution in [0, 0.1) is 11.8 Å². The van der Waals surface area contributed by atoms with E-state index in [1.807, 2.05) is 0 Å². The highest BCUT2D eigenvalue weighted by molar-refractivity contribution is 5.82. The average molecular weight is 306 g/mol. The SMILES string of the molecule is COCCNCCNC(=O)C1CC1c1ccc(C2CC2C)o1. The van der Waals surface area contributed by atoms with Gasteiger partial charge < -0.3 is 19.8 Å². The number of methoxy groups -OCH3 is 1. The minimum atomic E-state index is 0.0922. The Kier molecular flexibility index (Phi) is 4.84. The summed E-state index contributed by atoms with van der Waals surface area (Å²) in [4.78, 5) is 12.1. The minimum Gasteiger partial charge on any atom is -0.465 e. The molecule has 5 nitrogen and oxygen atoms in total. The Morgan fingerprint density at radius 1 is 1.23 bits per heavy atom. The molecule has 4 unspecified atom stereocenters. The summed E-state index contributed by atoms with van der Waals surface area (Å²) in [7, 11) is 1.68. The van der Waals surface area contributed by atoms with Crippen LogP contribution in [0.15, 0.2) is 16.5 Å². The zero-order valence-corrected chi connectivity index (χ0v) is 13.4. The first-order chi connectivity index (χ1) is 10.7.